The van der Waals surface area contributed by atoms with Gasteiger partial charge in [-0.15, -0.1) is 0 Å². The number of carbonyl (C=O) groups excluding carboxylic acids is 1. The molecule has 0 aliphatic heterocycles. The lowest BCUT2D eigenvalue weighted by Gasteiger charge is -2.12. The van der Waals surface area contributed by atoms with E-state index in [1.807, 2.05) is 0 Å². The molecule has 0 saturated heterocycles. The lowest BCUT2D eigenvalue weighted by molar-refractivity contribution is -0.384. The van der Waals surface area contributed by atoms with Gasteiger partial charge in [-0.25, -0.2) is 4.39 Å². The molecule has 136 valence electrons. The van der Waals surface area contributed by atoms with E-state index in [4.69, 9.17) is 4.74 Å². The van der Waals surface area contributed by atoms with Crippen LogP contribution in [0.1, 0.15) is 30.1 Å². The van der Waals surface area contributed by atoms with Crippen LogP contribution in [0.15, 0.2) is 36.4 Å². The van der Waals surface area contributed by atoms with Crippen molar-refractivity contribution in [2.75, 3.05) is 17.2 Å². The molecule has 1 fully saturated rings. The standard InChI is InChI=1S/C18H18FN3O4/c1-2-26-17-10-12(19)4-8-15(17)21-18(23)11-3-7-14(20-13-5-6-13)16(9-11)22(24)25/h3-4,7-10,13,20H,2,5-6H2,1H3,(H,21,23). The number of nitrogens with zero attached hydrogens (tertiary/aromatic N) is 1. The second-order valence-electron chi connectivity index (χ2n) is 5.94. The first kappa shape index (κ1) is 17.7. The molecule has 8 heteroatoms. The van der Waals surface area contributed by atoms with Crippen molar-refractivity contribution in [2.45, 2.75) is 25.8 Å². The predicted molar refractivity (Wildman–Crippen MR) is 95.3 cm³/mol. The molecule has 3 rings (SSSR count). The van der Waals surface area contributed by atoms with Gasteiger partial charge in [-0.05, 0) is 44.0 Å². The van der Waals surface area contributed by atoms with E-state index in [9.17, 15) is 19.3 Å². The first-order valence-corrected chi connectivity index (χ1v) is 8.26. The van der Waals surface area contributed by atoms with Gasteiger partial charge in [-0.3, -0.25) is 14.9 Å². The van der Waals surface area contributed by atoms with E-state index in [1.165, 1.54) is 36.4 Å². The summed E-state index contributed by atoms with van der Waals surface area (Å²) in [6.45, 7) is 2.05. The predicted octanol–water partition coefficient (Wildman–Crippen LogP) is 3.96. The van der Waals surface area contributed by atoms with Crippen LogP contribution in [0.2, 0.25) is 0 Å². The monoisotopic (exact) mass is 359 g/mol. The Labute approximate surface area is 149 Å². The Balaban J connectivity index is 1.83. The van der Waals surface area contributed by atoms with E-state index in [2.05, 4.69) is 10.6 Å². The molecule has 0 atom stereocenters. The van der Waals surface area contributed by atoms with Crippen molar-refractivity contribution in [2.24, 2.45) is 0 Å². The van der Waals surface area contributed by atoms with Gasteiger partial charge in [0, 0.05) is 23.7 Å². The normalized spacial score (nSPS) is 13.2. The van der Waals surface area contributed by atoms with Crippen LogP contribution in [0.5, 0.6) is 5.75 Å². The lowest BCUT2D eigenvalue weighted by Crippen LogP contribution is -2.14. The minimum atomic E-state index is -0.543. The third-order valence-corrected chi connectivity index (χ3v) is 3.89. The summed E-state index contributed by atoms with van der Waals surface area (Å²) in [6.07, 6.45) is 1.95. The fourth-order valence-corrected chi connectivity index (χ4v) is 2.46. The molecule has 0 spiro atoms. The second kappa shape index (κ2) is 7.38. The Hall–Kier alpha value is -3.16. The number of benzene rings is 2. The Bertz CT molecular complexity index is 852. The number of ether oxygens (including phenoxy) is 1. The lowest BCUT2D eigenvalue weighted by atomic mass is 10.1. The minimum Gasteiger partial charge on any atom is -0.492 e. The fraction of sp³-hybridized carbons (Fsp3) is 0.278. The zero-order valence-electron chi connectivity index (χ0n) is 14.1. The van der Waals surface area contributed by atoms with Crippen molar-refractivity contribution >= 4 is 23.0 Å². The van der Waals surface area contributed by atoms with Crippen LogP contribution in [-0.4, -0.2) is 23.5 Å². The number of nitro groups is 1. The highest BCUT2D eigenvalue weighted by atomic mass is 19.1. The number of nitro benzene ring substituents is 1. The Morgan fingerprint density at radius 2 is 2.00 bits per heavy atom. The van der Waals surface area contributed by atoms with Gasteiger partial charge in [-0.1, -0.05) is 0 Å². The maximum absolute atomic E-state index is 13.4. The molecule has 2 aromatic carbocycles. The van der Waals surface area contributed by atoms with E-state index in [0.717, 1.165) is 12.8 Å². The molecule has 0 unspecified atom stereocenters. The van der Waals surface area contributed by atoms with Crippen molar-refractivity contribution in [3.05, 3.63) is 57.9 Å². The minimum absolute atomic E-state index is 0.129. The highest BCUT2D eigenvalue weighted by Crippen LogP contribution is 2.32. The molecule has 26 heavy (non-hydrogen) atoms. The molecule has 2 aromatic rings. The maximum atomic E-state index is 13.4. The molecule has 1 amide bonds. The molecule has 0 heterocycles. The number of hydrogen-bond donors (Lipinski definition) is 2. The molecule has 0 aromatic heterocycles. The van der Waals surface area contributed by atoms with Crippen molar-refractivity contribution in [3.63, 3.8) is 0 Å². The van der Waals surface area contributed by atoms with Crippen molar-refractivity contribution in [3.8, 4) is 5.75 Å². The molecule has 2 N–H and O–H groups in total. The van der Waals surface area contributed by atoms with Crippen molar-refractivity contribution in [1.29, 1.82) is 0 Å². The zero-order chi connectivity index (χ0) is 18.7. The summed E-state index contributed by atoms with van der Waals surface area (Å²) in [5.74, 6) is -0.835. The molecule has 7 nitrogen and oxygen atoms in total. The highest BCUT2D eigenvalue weighted by molar-refractivity contribution is 6.05. The van der Waals surface area contributed by atoms with E-state index in [-0.39, 0.29) is 23.0 Å². The third kappa shape index (κ3) is 4.08. The number of hydrogen-bond acceptors (Lipinski definition) is 5. The van der Waals surface area contributed by atoms with Crippen LogP contribution < -0.4 is 15.4 Å². The smallest absolute Gasteiger partial charge is 0.293 e. The fourth-order valence-electron chi connectivity index (χ4n) is 2.46. The number of halogens is 1. The van der Waals surface area contributed by atoms with Gasteiger partial charge in [0.05, 0.1) is 17.2 Å². The molecule has 0 bridgehead atoms. The molecular weight excluding hydrogens is 341 g/mol. The molecule has 0 radical (unpaired) electrons. The Kier molecular flexibility index (Phi) is 5.01. The molecule has 1 aliphatic carbocycles. The highest BCUT2D eigenvalue weighted by Gasteiger charge is 2.25. The average molecular weight is 359 g/mol. The van der Waals surface area contributed by atoms with Crippen LogP contribution in [0, 0.1) is 15.9 Å². The van der Waals surface area contributed by atoms with Crippen LogP contribution in [0.25, 0.3) is 0 Å². The third-order valence-electron chi connectivity index (χ3n) is 3.89. The average Bonchev–Trinajstić information content (AvgIpc) is 3.41. The molecule has 1 saturated carbocycles. The van der Waals surface area contributed by atoms with Gasteiger partial charge < -0.3 is 15.4 Å². The van der Waals surface area contributed by atoms with E-state index < -0.39 is 16.6 Å². The largest absolute Gasteiger partial charge is 0.492 e. The Morgan fingerprint density at radius 3 is 2.65 bits per heavy atom. The van der Waals surface area contributed by atoms with E-state index in [0.29, 0.717) is 18.0 Å². The SMILES string of the molecule is CCOc1cc(F)ccc1NC(=O)c1ccc(NC2CC2)c([N+](=O)[O-])c1. The number of nitrogens with one attached hydrogen (secondary N) is 2. The van der Waals surface area contributed by atoms with Crippen LogP contribution in [0.4, 0.5) is 21.5 Å². The maximum Gasteiger partial charge on any atom is 0.293 e. The van der Waals surface area contributed by atoms with Gasteiger partial charge in [0.25, 0.3) is 11.6 Å². The van der Waals surface area contributed by atoms with Crippen molar-refractivity contribution in [1.82, 2.24) is 0 Å². The van der Waals surface area contributed by atoms with Crippen LogP contribution >= 0.6 is 0 Å². The Morgan fingerprint density at radius 1 is 1.27 bits per heavy atom. The van der Waals surface area contributed by atoms with Gasteiger partial charge in [0.2, 0.25) is 0 Å². The molecule has 1 aliphatic rings. The van der Waals surface area contributed by atoms with E-state index >= 15 is 0 Å². The number of anilines is 2. The second-order valence-corrected chi connectivity index (χ2v) is 5.94. The topological polar surface area (TPSA) is 93.5 Å². The first-order chi connectivity index (χ1) is 12.5. The summed E-state index contributed by atoms with van der Waals surface area (Å²) < 4.78 is 18.7. The summed E-state index contributed by atoms with van der Waals surface area (Å²) in [5.41, 5.74) is 0.658. The van der Waals surface area contributed by atoms with Gasteiger partial charge in [0.15, 0.2) is 0 Å². The molecular formula is C18H18FN3O4. The summed E-state index contributed by atoms with van der Waals surface area (Å²) in [6, 6.07) is 8.27. The quantitative estimate of drug-likeness (QED) is 0.576. The summed E-state index contributed by atoms with van der Waals surface area (Å²) in [7, 11) is 0. The number of amides is 1. The van der Waals surface area contributed by atoms with E-state index in [1.54, 1.807) is 6.92 Å². The first-order valence-electron chi connectivity index (χ1n) is 8.26. The zero-order valence-corrected chi connectivity index (χ0v) is 14.1. The van der Waals surface area contributed by atoms with Crippen molar-refractivity contribution < 1.29 is 18.8 Å². The van der Waals surface area contributed by atoms with Gasteiger partial charge in [0.1, 0.15) is 17.3 Å². The summed E-state index contributed by atoms with van der Waals surface area (Å²) in [5, 5.41) is 17.0. The summed E-state index contributed by atoms with van der Waals surface area (Å²) in [4.78, 5) is 23.3. The van der Waals surface area contributed by atoms with Crippen LogP contribution in [0.3, 0.4) is 0 Å². The number of carbonyl (C=O) groups is 1. The summed E-state index contributed by atoms with van der Waals surface area (Å²) >= 11 is 0. The van der Waals surface area contributed by atoms with Gasteiger partial charge >= 0.3 is 0 Å². The van der Waals surface area contributed by atoms with Crippen LogP contribution in [-0.2, 0) is 0 Å². The van der Waals surface area contributed by atoms with Gasteiger partial charge in [-0.2, -0.15) is 0 Å². The number of rotatable bonds is 7.